The van der Waals surface area contributed by atoms with Crippen molar-refractivity contribution in [2.75, 3.05) is 5.33 Å². The Bertz CT molecular complexity index is 239. The molecule has 4 N–H and O–H groups in total. The van der Waals surface area contributed by atoms with Gasteiger partial charge in [-0.25, -0.2) is 0 Å². The summed E-state index contributed by atoms with van der Waals surface area (Å²) in [4.78, 5) is 10.8. The number of hydrogen-bond donors (Lipinski definition) is 4. The summed E-state index contributed by atoms with van der Waals surface area (Å²) in [6.45, 7) is 1.25. The lowest BCUT2D eigenvalue weighted by Gasteiger charge is -2.40. The SMILES string of the molecule is CC(=O)N[C@@H]1[C@@H](O)[C@H](O)[C@@H](CBr)O[C@@H]1O. The highest BCUT2D eigenvalue weighted by Gasteiger charge is 2.43. The first-order valence-corrected chi connectivity index (χ1v) is 5.62. The van der Waals surface area contributed by atoms with E-state index in [2.05, 4.69) is 21.2 Å². The number of halogens is 1. The van der Waals surface area contributed by atoms with Crippen LogP contribution >= 0.6 is 15.9 Å². The fourth-order valence-corrected chi connectivity index (χ4v) is 2.00. The molecule has 1 rings (SSSR count). The van der Waals surface area contributed by atoms with Crippen molar-refractivity contribution in [1.82, 2.24) is 5.32 Å². The molecule has 5 atom stereocenters. The summed E-state index contributed by atoms with van der Waals surface area (Å²) < 4.78 is 5.02. The molecule has 6 nitrogen and oxygen atoms in total. The molecule has 0 spiro atoms. The fourth-order valence-electron chi connectivity index (χ4n) is 1.46. The molecule has 15 heavy (non-hydrogen) atoms. The maximum atomic E-state index is 10.8. The molecule has 0 saturated carbocycles. The third-order valence-corrected chi connectivity index (χ3v) is 2.88. The largest absolute Gasteiger partial charge is 0.388 e. The van der Waals surface area contributed by atoms with Crippen LogP contribution in [0.2, 0.25) is 0 Å². The van der Waals surface area contributed by atoms with E-state index >= 15 is 0 Å². The van der Waals surface area contributed by atoms with Crippen molar-refractivity contribution >= 4 is 21.8 Å². The Hall–Kier alpha value is -0.210. The first-order valence-electron chi connectivity index (χ1n) is 4.50. The average Bonchev–Trinajstić information content (AvgIpc) is 2.18. The highest BCUT2D eigenvalue weighted by molar-refractivity contribution is 9.09. The summed E-state index contributed by atoms with van der Waals surface area (Å²) >= 11 is 3.08. The molecule has 1 aliphatic rings. The van der Waals surface area contributed by atoms with Gasteiger partial charge in [0, 0.05) is 12.3 Å². The quantitative estimate of drug-likeness (QED) is 0.454. The van der Waals surface area contributed by atoms with Gasteiger partial charge in [0.2, 0.25) is 5.91 Å². The molecule has 0 aliphatic carbocycles. The van der Waals surface area contributed by atoms with Gasteiger partial charge in [-0.3, -0.25) is 4.79 Å². The second-order valence-electron chi connectivity index (χ2n) is 3.43. The van der Waals surface area contributed by atoms with Gasteiger partial charge in [0.1, 0.15) is 18.2 Å². The van der Waals surface area contributed by atoms with E-state index in [0.29, 0.717) is 0 Å². The average molecular weight is 284 g/mol. The van der Waals surface area contributed by atoms with Crippen LogP contribution in [0.4, 0.5) is 0 Å². The van der Waals surface area contributed by atoms with Crippen molar-refractivity contribution in [1.29, 1.82) is 0 Å². The van der Waals surface area contributed by atoms with Crippen LogP contribution in [-0.4, -0.2) is 57.2 Å². The van der Waals surface area contributed by atoms with E-state index in [9.17, 15) is 20.1 Å². The van der Waals surface area contributed by atoms with Crippen molar-refractivity contribution in [2.45, 2.75) is 37.6 Å². The standard InChI is InChI=1S/C8H14BrNO5/c1-3(11)10-5-7(13)6(12)4(2-9)15-8(5)14/h4-8,12-14H,2H2,1H3,(H,10,11)/t4-,5-,6-,7-,8+/m1/s1. The van der Waals surface area contributed by atoms with Crippen LogP contribution in [0.1, 0.15) is 6.92 Å². The predicted octanol–water partition coefficient (Wildman–Crippen LogP) is -1.67. The van der Waals surface area contributed by atoms with Gasteiger partial charge in [-0.05, 0) is 0 Å². The van der Waals surface area contributed by atoms with Gasteiger partial charge in [0.05, 0.1) is 6.10 Å². The van der Waals surface area contributed by atoms with E-state index in [0.717, 1.165) is 0 Å². The van der Waals surface area contributed by atoms with Gasteiger partial charge in [0.15, 0.2) is 6.29 Å². The third kappa shape index (κ3) is 2.88. The molecule has 1 aliphatic heterocycles. The molecule has 0 unspecified atom stereocenters. The van der Waals surface area contributed by atoms with Crippen LogP contribution in [0.3, 0.4) is 0 Å². The number of carbonyl (C=O) groups is 1. The van der Waals surface area contributed by atoms with Gasteiger partial charge in [-0.15, -0.1) is 0 Å². The second-order valence-corrected chi connectivity index (χ2v) is 4.07. The number of nitrogens with one attached hydrogen (secondary N) is 1. The molecule has 0 aromatic carbocycles. The van der Waals surface area contributed by atoms with E-state index < -0.39 is 36.6 Å². The lowest BCUT2D eigenvalue weighted by Crippen LogP contribution is -2.63. The molecule has 0 aromatic rings. The Labute approximate surface area is 95.4 Å². The van der Waals surface area contributed by atoms with Crippen LogP contribution < -0.4 is 5.32 Å². The zero-order chi connectivity index (χ0) is 11.6. The molecule has 1 fully saturated rings. The van der Waals surface area contributed by atoms with Gasteiger partial charge >= 0.3 is 0 Å². The third-order valence-electron chi connectivity index (χ3n) is 2.24. The molecule has 0 radical (unpaired) electrons. The number of hydrogen-bond acceptors (Lipinski definition) is 5. The summed E-state index contributed by atoms with van der Waals surface area (Å²) in [5, 5.41) is 31.3. The molecule has 0 aromatic heterocycles. The number of aliphatic hydroxyl groups is 3. The Morgan fingerprint density at radius 2 is 2.00 bits per heavy atom. The van der Waals surface area contributed by atoms with Crippen LogP contribution in [-0.2, 0) is 9.53 Å². The zero-order valence-electron chi connectivity index (χ0n) is 8.13. The molecular formula is C8H14BrNO5. The lowest BCUT2D eigenvalue weighted by molar-refractivity contribution is -0.240. The topological polar surface area (TPSA) is 99.0 Å². The minimum Gasteiger partial charge on any atom is -0.388 e. The Kier molecular flexibility index (Phi) is 4.47. The molecule has 0 bridgehead atoms. The second kappa shape index (κ2) is 5.22. The van der Waals surface area contributed by atoms with E-state index in [4.69, 9.17) is 4.74 Å². The normalized spacial score (nSPS) is 41.3. The number of rotatable bonds is 2. The van der Waals surface area contributed by atoms with E-state index in [1.165, 1.54) is 6.92 Å². The van der Waals surface area contributed by atoms with Crippen LogP contribution in [0.25, 0.3) is 0 Å². The van der Waals surface area contributed by atoms with Crippen molar-refractivity contribution in [3.8, 4) is 0 Å². The van der Waals surface area contributed by atoms with E-state index in [-0.39, 0.29) is 5.33 Å². The van der Waals surface area contributed by atoms with Crippen LogP contribution in [0.15, 0.2) is 0 Å². The number of ether oxygens (including phenoxy) is 1. The van der Waals surface area contributed by atoms with Crippen molar-refractivity contribution < 1.29 is 24.9 Å². The van der Waals surface area contributed by atoms with Gasteiger partial charge in [-0.1, -0.05) is 15.9 Å². The van der Waals surface area contributed by atoms with E-state index in [1.54, 1.807) is 0 Å². The summed E-state index contributed by atoms with van der Waals surface area (Å²) in [6, 6.07) is -1.01. The molecular weight excluding hydrogens is 270 g/mol. The summed E-state index contributed by atoms with van der Waals surface area (Å²) in [7, 11) is 0. The number of aliphatic hydroxyl groups excluding tert-OH is 3. The molecule has 88 valence electrons. The Morgan fingerprint density at radius 1 is 1.40 bits per heavy atom. The highest BCUT2D eigenvalue weighted by atomic mass is 79.9. The molecule has 1 heterocycles. The van der Waals surface area contributed by atoms with Crippen molar-refractivity contribution in [3.05, 3.63) is 0 Å². The predicted molar refractivity (Wildman–Crippen MR) is 54.3 cm³/mol. The lowest BCUT2D eigenvalue weighted by atomic mass is 9.98. The molecule has 1 amide bonds. The summed E-state index contributed by atoms with van der Waals surface area (Å²) in [5.41, 5.74) is 0. The Balaban J connectivity index is 2.70. The van der Waals surface area contributed by atoms with Crippen LogP contribution in [0.5, 0.6) is 0 Å². The van der Waals surface area contributed by atoms with Crippen LogP contribution in [0, 0.1) is 0 Å². The van der Waals surface area contributed by atoms with Gasteiger partial charge < -0.3 is 25.4 Å². The number of alkyl halides is 1. The fraction of sp³-hybridized carbons (Fsp3) is 0.875. The maximum Gasteiger partial charge on any atom is 0.217 e. The summed E-state index contributed by atoms with van der Waals surface area (Å²) in [6.07, 6.45) is -4.42. The van der Waals surface area contributed by atoms with Gasteiger partial charge in [-0.2, -0.15) is 0 Å². The van der Waals surface area contributed by atoms with E-state index in [1.807, 2.05) is 0 Å². The smallest absolute Gasteiger partial charge is 0.217 e. The first-order chi connectivity index (χ1) is 6.97. The number of amides is 1. The molecule has 1 saturated heterocycles. The van der Waals surface area contributed by atoms with Gasteiger partial charge in [0.25, 0.3) is 0 Å². The first kappa shape index (κ1) is 12.9. The zero-order valence-corrected chi connectivity index (χ0v) is 9.72. The maximum absolute atomic E-state index is 10.8. The van der Waals surface area contributed by atoms with Crippen molar-refractivity contribution in [3.63, 3.8) is 0 Å². The Morgan fingerprint density at radius 3 is 2.47 bits per heavy atom. The number of carbonyl (C=O) groups excluding carboxylic acids is 1. The monoisotopic (exact) mass is 283 g/mol. The summed E-state index contributed by atoms with van der Waals surface area (Å²) in [5.74, 6) is -0.411. The minimum absolute atomic E-state index is 0.287. The highest BCUT2D eigenvalue weighted by Crippen LogP contribution is 2.21. The van der Waals surface area contributed by atoms with Crippen molar-refractivity contribution in [2.24, 2.45) is 0 Å². The minimum atomic E-state index is -1.32. The molecule has 7 heteroatoms.